The van der Waals surface area contributed by atoms with Gasteiger partial charge in [-0.15, -0.1) is 0 Å². The van der Waals surface area contributed by atoms with Gasteiger partial charge >= 0.3 is 0 Å². The first kappa shape index (κ1) is 18.9. The highest BCUT2D eigenvalue weighted by atomic mass is 19.1. The molecule has 0 saturated carbocycles. The highest BCUT2D eigenvalue weighted by Crippen LogP contribution is 2.32. The summed E-state index contributed by atoms with van der Waals surface area (Å²) >= 11 is 0. The largest absolute Gasteiger partial charge is 0.354 e. The molecule has 1 amide bonds. The van der Waals surface area contributed by atoms with Crippen LogP contribution in [0, 0.1) is 5.82 Å². The number of carbonyl (C=O) groups is 1. The summed E-state index contributed by atoms with van der Waals surface area (Å²) in [5, 5.41) is 4.97. The maximum Gasteiger partial charge on any atom is 0.222 e. The molecule has 0 aliphatic carbocycles. The summed E-state index contributed by atoms with van der Waals surface area (Å²) in [6.07, 6.45) is 4.55. The summed E-state index contributed by atoms with van der Waals surface area (Å²) in [6.45, 7) is 0.515. The normalized spacial score (nSPS) is 11.1. The van der Waals surface area contributed by atoms with E-state index in [2.05, 4.69) is 10.1 Å². The first-order valence-corrected chi connectivity index (χ1v) is 9.58. The Morgan fingerprint density at radius 1 is 1.21 bits per heavy atom. The Balaban J connectivity index is 1.58. The summed E-state index contributed by atoms with van der Waals surface area (Å²) in [4.78, 5) is 17.8. The fraction of sp³-hybridized carbons (Fsp3) is 0.217. The number of halogens is 1. The van der Waals surface area contributed by atoms with E-state index in [0.717, 1.165) is 33.3 Å². The predicted molar refractivity (Wildman–Crippen MR) is 112 cm³/mol. The van der Waals surface area contributed by atoms with Crippen LogP contribution < -0.4 is 0 Å². The minimum Gasteiger partial charge on any atom is -0.354 e. The molecule has 4 aromatic rings. The smallest absolute Gasteiger partial charge is 0.222 e. The molecule has 0 aliphatic heterocycles. The molecule has 0 fully saturated rings. The van der Waals surface area contributed by atoms with Gasteiger partial charge in [0.15, 0.2) is 0 Å². The molecule has 2 aromatic carbocycles. The zero-order chi connectivity index (χ0) is 20.4. The van der Waals surface area contributed by atoms with Crippen molar-refractivity contribution in [3.05, 3.63) is 77.9 Å². The molecular weight excluding hydrogens is 367 g/mol. The monoisotopic (exact) mass is 390 g/mol. The lowest BCUT2D eigenvalue weighted by Gasteiger charge is -2.16. The average Bonchev–Trinajstić information content (AvgIpc) is 3.29. The van der Waals surface area contributed by atoms with Crippen LogP contribution in [0.2, 0.25) is 0 Å². The number of H-pyrrole nitrogens is 1. The van der Waals surface area contributed by atoms with Crippen molar-refractivity contribution >= 4 is 16.8 Å². The molecule has 0 radical (unpaired) electrons. The highest BCUT2D eigenvalue weighted by Gasteiger charge is 2.17. The third kappa shape index (κ3) is 4.06. The number of rotatable bonds is 6. The Hall–Kier alpha value is -3.41. The SMILES string of the molecule is CN(Cc1cnn(C)c1)C(=O)CCc1c(-c2ccccc2)[nH]c2ccc(F)cc12. The van der Waals surface area contributed by atoms with Gasteiger partial charge < -0.3 is 9.88 Å². The first-order valence-electron chi connectivity index (χ1n) is 9.58. The molecule has 2 heterocycles. The van der Waals surface area contributed by atoms with E-state index in [4.69, 9.17) is 0 Å². The number of nitrogens with one attached hydrogen (secondary N) is 1. The van der Waals surface area contributed by atoms with E-state index in [1.54, 1.807) is 28.9 Å². The maximum atomic E-state index is 13.9. The van der Waals surface area contributed by atoms with E-state index < -0.39 is 0 Å². The molecule has 0 spiro atoms. The minimum absolute atomic E-state index is 0.0404. The summed E-state index contributed by atoms with van der Waals surface area (Å²) < 4.78 is 15.6. The fourth-order valence-corrected chi connectivity index (χ4v) is 3.67. The Bertz CT molecular complexity index is 1150. The average molecular weight is 390 g/mol. The van der Waals surface area contributed by atoms with Gasteiger partial charge in [-0.05, 0) is 35.7 Å². The van der Waals surface area contributed by atoms with Gasteiger partial charge in [-0.3, -0.25) is 9.48 Å². The lowest BCUT2D eigenvalue weighted by molar-refractivity contribution is -0.130. The van der Waals surface area contributed by atoms with Gasteiger partial charge in [0.1, 0.15) is 5.82 Å². The van der Waals surface area contributed by atoms with Crippen molar-refractivity contribution in [2.24, 2.45) is 7.05 Å². The van der Waals surface area contributed by atoms with Crippen molar-refractivity contribution in [3.8, 4) is 11.3 Å². The van der Waals surface area contributed by atoms with Gasteiger partial charge in [0.25, 0.3) is 0 Å². The van der Waals surface area contributed by atoms with Crippen LogP contribution in [0.4, 0.5) is 4.39 Å². The quantitative estimate of drug-likeness (QED) is 0.534. The van der Waals surface area contributed by atoms with E-state index in [0.29, 0.717) is 19.4 Å². The summed E-state index contributed by atoms with van der Waals surface area (Å²) in [5.74, 6) is -0.240. The zero-order valence-corrected chi connectivity index (χ0v) is 16.5. The number of nitrogens with zero attached hydrogens (tertiary/aromatic N) is 3. The number of hydrogen-bond donors (Lipinski definition) is 1. The lowest BCUT2D eigenvalue weighted by Crippen LogP contribution is -2.26. The summed E-state index contributed by atoms with van der Waals surface area (Å²) in [5.41, 5.74) is 4.79. The van der Waals surface area contributed by atoms with Crippen LogP contribution >= 0.6 is 0 Å². The van der Waals surface area contributed by atoms with E-state index >= 15 is 0 Å². The molecular formula is C23H23FN4O. The summed E-state index contributed by atoms with van der Waals surface area (Å²) in [6, 6.07) is 14.7. The van der Waals surface area contributed by atoms with Crippen LogP contribution in [-0.4, -0.2) is 32.6 Å². The van der Waals surface area contributed by atoms with Crippen molar-refractivity contribution in [1.29, 1.82) is 0 Å². The van der Waals surface area contributed by atoms with E-state index in [1.807, 2.05) is 43.6 Å². The first-order chi connectivity index (χ1) is 14.0. The molecule has 2 aromatic heterocycles. The van der Waals surface area contributed by atoms with Crippen LogP contribution in [-0.2, 0) is 24.8 Å². The Kier molecular flexibility index (Phi) is 5.16. The van der Waals surface area contributed by atoms with Gasteiger partial charge in [-0.1, -0.05) is 30.3 Å². The molecule has 4 rings (SSSR count). The number of benzene rings is 2. The van der Waals surface area contributed by atoms with Gasteiger partial charge in [-0.25, -0.2) is 4.39 Å². The molecule has 5 nitrogen and oxygen atoms in total. The second kappa shape index (κ2) is 7.91. The number of aromatic nitrogens is 3. The van der Waals surface area contributed by atoms with Gasteiger partial charge in [0.05, 0.1) is 6.20 Å². The van der Waals surface area contributed by atoms with Crippen molar-refractivity contribution in [3.63, 3.8) is 0 Å². The molecule has 0 saturated heterocycles. The fourth-order valence-electron chi connectivity index (χ4n) is 3.67. The number of aromatic amines is 1. The Morgan fingerprint density at radius 3 is 2.72 bits per heavy atom. The van der Waals surface area contributed by atoms with Crippen LogP contribution in [0.5, 0.6) is 0 Å². The molecule has 29 heavy (non-hydrogen) atoms. The van der Waals surface area contributed by atoms with E-state index in [1.165, 1.54) is 12.1 Å². The van der Waals surface area contributed by atoms with Crippen LogP contribution in [0.15, 0.2) is 60.9 Å². The topological polar surface area (TPSA) is 53.9 Å². The van der Waals surface area contributed by atoms with Crippen molar-refractivity contribution in [1.82, 2.24) is 19.7 Å². The lowest BCUT2D eigenvalue weighted by atomic mass is 10.0. The number of aryl methyl sites for hydroxylation is 2. The second-order valence-corrected chi connectivity index (χ2v) is 7.31. The summed E-state index contributed by atoms with van der Waals surface area (Å²) in [7, 11) is 3.65. The molecule has 6 heteroatoms. The van der Waals surface area contributed by atoms with Crippen LogP contribution in [0.1, 0.15) is 17.5 Å². The van der Waals surface area contributed by atoms with E-state index in [-0.39, 0.29) is 11.7 Å². The van der Waals surface area contributed by atoms with Crippen molar-refractivity contribution < 1.29 is 9.18 Å². The van der Waals surface area contributed by atoms with Gasteiger partial charge in [0, 0.05) is 55.4 Å². The molecule has 0 atom stereocenters. The number of hydrogen-bond acceptors (Lipinski definition) is 2. The second-order valence-electron chi connectivity index (χ2n) is 7.31. The maximum absolute atomic E-state index is 13.9. The Morgan fingerprint density at radius 2 is 2.00 bits per heavy atom. The van der Waals surface area contributed by atoms with Gasteiger partial charge in [0.2, 0.25) is 5.91 Å². The van der Waals surface area contributed by atoms with Crippen LogP contribution in [0.3, 0.4) is 0 Å². The zero-order valence-electron chi connectivity index (χ0n) is 16.5. The molecule has 0 unspecified atom stereocenters. The molecule has 148 valence electrons. The van der Waals surface area contributed by atoms with Crippen molar-refractivity contribution in [2.75, 3.05) is 7.05 Å². The number of fused-ring (bicyclic) bond motifs is 1. The number of amides is 1. The minimum atomic E-state index is -0.280. The standard InChI is InChI=1S/C23H23FN4O/c1-27(14-16-13-25-28(2)15-16)22(29)11-9-19-20-12-18(24)8-10-21(20)26-23(19)17-6-4-3-5-7-17/h3-8,10,12-13,15,26H,9,11,14H2,1-2H3. The highest BCUT2D eigenvalue weighted by molar-refractivity contribution is 5.91. The van der Waals surface area contributed by atoms with Gasteiger partial charge in [-0.2, -0.15) is 5.10 Å². The van der Waals surface area contributed by atoms with E-state index in [9.17, 15) is 9.18 Å². The Labute approximate surface area is 168 Å². The third-order valence-electron chi connectivity index (χ3n) is 5.12. The van der Waals surface area contributed by atoms with Crippen LogP contribution in [0.25, 0.3) is 22.2 Å². The third-order valence-corrected chi connectivity index (χ3v) is 5.12. The number of carbonyl (C=O) groups excluding carboxylic acids is 1. The van der Waals surface area contributed by atoms with Crippen molar-refractivity contribution in [2.45, 2.75) is 19.4 Å². The predicted octanol–water partition coefficient (Wildman–Crippen LogP) is 4.30. The molecule has 0 bridgehead atoms. The molecule has 0 aliphatic rings. The molecule has 1 N–H and O–H groups in total.